The lowest BCUT2D eigenvalue weighted by molar-refractivity contribution is 0.383. The lowest BCUT2D eigenvalue weighted by Gasteiger charge is -2.21. The normalized spacial score (nSPS) is 15.7. The van der Waals surface area contributed by atoms with Crippen LogP contribution in [0.5, 0.6) is 5.75 Å². The lowest BCUT2D eigenvalue weighted by atomic mass is 9.98. The molecule has 1 aromatic carbocycles. The number of fused-ring (bicyclic) bond motifs is 1. The van der Waals surface area contributed by atoms with Crippen molar-refractivity contribution in [3.8, 4) is 16.9 Å². The van der Waals surface area contributed by atoms with Gasteiger partial charge in [0.25, 0.3) is 0 Å². The first kappa shape index (κ1) is 15.5. The zero-order valence-corrected chi connectivity index (χ0v) is 14.4. The van der Waals surface area contributed by atoms with E-state index in [1.807, 2.05) is 37.2 Å². The monoisotopic (exact) mass is 333 g/mol. The largest absolute Gasteiger partial charge is 0.437 e. The van der Waals surface area contributed by atoms with Crippen molar-refractivity contribution in [3.05, 3.63) is 65.7 Å². The van der Waals surface area contributed by atoms with Crippen LogP contribution in [0.1, 0.15) is 17.0 Å². The Morgan fingerprint density at radius 1 is 1.12 bits per heavy atom. The lowest BCUT2D eigenvalue weighted by Crippen LogP contribution is -2.32. The van der Waals surface area contributed by atoms with Gasteiger partial charge in [0.1, 0.15) is 17.8 Å². The molecular weight excluding hydrogens is 314 g/mol. The highest BCUT2D eigenvalue weighted by Crippen LogP contribution is 2.31. The zero-order valence-electron chi connectivity index (χ0n) is 14.4. The third kappa shape index (κ3) is 2.81. The van der Waals surface area contributed by atoms with Gasteiger partial charge in [-0.1, -0.05) is 6.07 Å². The van der Waals surface area contributed by atoms with Gasteiger partial charge in [-0.2, -0.15) is 0 Å². The number of hydrazine groups is 1. The summed E-state index contributed by atoms with van der Waals surface area (Å²) in [5.74, 6) is 1.35. The minimum Gasteiger partial charge on any atom is -0.437 e. The van der Waals surface area contributed by atoms with Crippen LogP contribution in [0.3, 0.4) is 0 Å². The third-order valence-electron chi connectivity index (χ3n) is 4.35. The van der Waals surface area contributed by atoms with Crippen molar-refractivity contribution < 1.29 is 4.74 Å². The molecule has 0 unspecified atom stereocenters. The molecule has 0 amide bonds. The van der Waals surface area contributed by atoms with Crippen molar-refractivity contribution in [2.75, 3.05) is 6.54 Å². The molecule has 126 valence electrons. The van der Waals surface area contributed by atoms with E-state index in [0.717, 1.165) is 46.1 Å². The fourth-order valence-corrected chi connectivity index (χ4v) is 3.13. The van der Waals surface area contributed by atoms with Crippen LogP contribution in [0.25, 0.3) is 11.1 Å². The molecule has 0 atom stereocenters. The topological polar surface area (TPSA) is 62.6 Å². The van der Waals surface area contributed by atoms with Crippen molar-refractivity contribution in [3.63, 3.8) is 0 Å². The van der Waals surface area contributed by atoms with E-state index < -0.39 is 0 Å². The van der Waals surface area contributed by atoms with Gasteiger partial charge in [-0.25, -0.2) is 20.4 Å². The predicted molar refractivity (Wildman–Crippen MR) is 96.8 cm³/mol. The fourth-order valence-electron chi connectivity index (χ4n) is 3.13. The van der Waals surface area contributed by atoms with Gasteiger partial charge in [0.2, 0.25) is 5.90 Å². The Labute approximate surface area is 146 Å². The van der Waals surface area contributed by atoms with Gasteiger partial charge in [-0.3, -0.25) is 5.01 Å². The first-order chi connectivity index (χ1) is 12.1. The second-order valence-corrected chi connectivity index (χ2v) is 6.05. The number of aryl methyl sites for hydroxylation is 3. The van der Waals surface area contributed by atoms with E-state index in [1.165, 1.54) is 0 Å². The van der Waals surface area contributed by atoms with Crippen LogP contribution >= 0.6 is 0 Å². The summed E-state index contributed by atoms with van der Waals surface area (Å²) in [7, 11) is 0. The molecule has 6 nitrogen and oxygen atoms in total. The molecule has 0 bridgehead atoms. The maximum Gasteiger partial charge on any atom is 0.244 e. The van der Waals surface area contributed by atoms with E-state index in [-0.39, 0.29) is 0 Å². The van der Waals surface area contributed by atoms with Crippen molar-refractivity contribution in [2.24, 2.45) is 4.99 Å². The SMILES string of the molecule is Cc1cc(OC2=NC=CN3NCC=C23)ccc1-c1c(C)ncnc1C. The second kappa shape index (κ2) is 6.14. The van der Waals surface area contributed by atoms with E-state index in [2.05, 4.69) is 39.5 Å². The first-order valence-electron chi connectivity index (χ1n) is 8.18. The van der Waals surface area contributed by atoms with E-state index in [1.54, 1.807) is 12.5 Å². The number of nitrogens with one attached hydrogen (secondary N) is 1. The van der Waals surface area contributed by atoms with Crippen molar-refractivity contribution in [2.45, 2.75) is 20.8 Å². The van der Waals surface area contributed by atoms with Crippen molar-refractivity contribution >= 4 is 5.90 Å². The number of rotatable bonds is 2. The molecule has 0 spiro atoms. The quantitative estimate of drug-likeness (QED) is 0.915. The average Bonchev–Trinajstić information content (AvgIpc) is 3.06. The van der Waals surface area contributed by atoms with Crippen LogP contribution < -0.4 is 10.2 Å². The number of hydrogen-bond donors (Lipinski definition) is 1. The number of hydrogen-bond acceptors (Lipinski definition) is 6. The molecular formula is C19H19N5O. The van der Waals surface area contributed by atoms with E-state index in [0.29, 0.717) is 5.90 Å². The Bertz CT molecular complexity index is 909. The van der Waals surface area contributed by atoms with E-state index in [4.69, 9.17) is 4.74 Å². The molecule has 0 saturated carbocycles. The van der Waals surface area contributed by atoms with Crippen LogP contribution in [-0.4, -0.2) is 27.4 Å². The standard InChI is InChI=1S/C19H19N5O/c1-12-10-15(25-19-17-6-7-23-24(17)9-8-20-19)4-5-16(12)18-13(2)21-11-22-14(18)3/h4-6,8-11,23H,7H2,1-3H3. The highest BCUT2D eigenvalue weighted by Gasteiger charge is 2.22. The number of benzene rings is 1. The van der Waals surface area contributed by atoms with Crippen LogP contribution in [0, 0.1) is 20.8 Å². The van der Waals surface area contributed by atoms with Crippen LogP contribution in [0.4, 0.5) is 0 Å². The third-order valence-corrected chi connectivity index (χ3v) is 4.35. The second-order valence-electron chi connectivity index (χ2n) is 6.05. The zero-order chi connectivity index (χ0) is 17.4. The molecule has 1 aromatic heterocycles. The minimum atomic E-state index is 0.593. The van der Waals surface area contributed by atoms with Gasteiger partial charge in [0, 0.05) is 35.9 Å². The van der Waals surface area contributed by atoms with Crippen LogP contribution in [-0.2, 0) is 0 Å². The minimum absolute atomic E-state index is 0.593. The molecule has 0 aliphatic carbocycles. The Morgan fingerprint density at radius 2 is 1.92 bits per heavy atom. The van der Waals surface area contributed by atoms with Crippen molar-refractivity contribution in [1.82, 2.24) is 20.4 Å². The average molecular weight is 333 g/mol. The van der Waals surface area contributed by atoms with Gasteiger partial charge >= 0.3 is 0 Å². The number of aliphatic imine (C=N–C) groups is 1. The maximum atomic E-state index is 6.02. The summed E-state index contributed by atoms with van der Waals surface area (Å²) in [6.07, 6.45) is 7.25. The van der Waals surface area contributed by atoms with E-state index >= 15 is 0 Å². The molecule has 2 aliphatic heterocycles. The molecule has 25 heavy (non-hydrogen) atoms. The number of aromatic nitrogens is 2. The summed E-state index contributed by atoms with van der Waals surface area (Å²) in [6, 6.07) is 6.04. The predicted octanol–water partition coefficient (Wildman–Crippen LogP) is 3.04. The maximum absolute atomic E-state index is 6.02. The van der Waals surface area contributed by atoms with Gasteiger partial charge in [-0.15, -0.1) is 0 Å². The summed E-state index contributed by atoms with van der Waals surface area (Å²) in [6.45, 7) is 6.85. The Balaban J connectivity index is 1.65. The van der Waals surface area contributed by atoms with E-state index in [9.17, 15) is 0 Å². The molecule has 0 saturated heterocycles. The number of nitrogens with zero attached hydrogens (tertiary/aromatic N) is 4. The first-order valence-corrected chi connectivity index (χ1v) is 8.18. The molecule has 0 radical (unpaired) electrons. The van der Waals surface area contributed by atoms with Crippen LogP contribution in [0.2, 0.25) is 0 Å². The molecule has 2 aliphatic rings. The molecule has 3 heterocycles. The summed E-state index contributed by atoms with van der Waals surface area (Å²) in [5.41, 5.74) is 9.41. The smallest absolute Gasteiger partial charge is 0.244 e. The van der Waals surface area contributed by atoms with Crippen LogP contribution in [0.15, 0.2) is 53.7 Å². The fraction of sp³-hybridized carbons (Fsp3) is 0.211. The van der Waals surface area contributed by atoms with Gasteiger partial charge < -0.3 is 4.74 Å². The summed E-state index contributed by atoms with van der Waals surface area (Å²) in [5, 5.41) is 1.91. The Morgan fingerprint density at radius 3 is 2.68 bits per heavy atom. The highest BCUT2D eigenvalue weighted by molar-refractivity contribution is 5.96. The van der Waals surface area contributed by atoms with Gasteiger partial charge in [0.05, 0.1) is 0 Å². The Kier molecular flexibility index (Phi) is 3.82. The molecule has 2 aromatic rings. The van der Waals surface area contributed by atoms with Gasteiger partial charge in [0.15, 0.2) is 0 Å². The Hall–Kier alpha value is -2.99. The number of ether oxygens (including phenoxy) is 1. The molecule has 4 rings (SSSR count). The van der Waals surface area contributed by atoms with Crippen molar-refractivity contribution in [1.29, 1.82) is 0 Å². The molecule has 0 fully saturated rings. The summed E-state index contributed by atoms with van der Waals surface area (Å²) >= 11 is 0. The summed E-state index contributed by atoms with van der Waals surface area (Å²) < 4.78 is 6.02. The van der Waals surface area contributed by atoms with Gasteiger partial charge in [-0.05, 0) is 50.1 Å². The summed E-state index contributed by atoms with van der Waals surface area (Å²) in [4.78, 5) is 13.0. The highest BCUT2D eigenvalue weighted by atomic mass is 16.5. The molecule has 6 heteroatoms. The molecule has 1 N–H and O–H groups in total.